The van der Waals surface area contributed by atoms with E-state index >= 15 is 0 Å². The smallest absolute Gasteiger partial charge is 0.110 e. The molecule has 2 N–H and O–H groups in total. The first-order chi connectivity index (χ1) is 6.87. The minimum atomic E-state index is -0.229. The largest absolute Gasteiger partial charge is 0.358 e. The Morgan fingerprint density at radius 3 is 2.20 bits per heavy atom. The molecule has 2 nitrogen and oxygen atoms in total. The zero-order chi connectivity index (χ0) is 11.5. The summed E-state index contributed by atoms with van der Waals surface area (Å²) < 4.78 is 5.65. The first kappa shape index (κ1) is 12.2. The van der Waals surface area contributed by atoms with Crippen LogP contribution in [0.1, 0.15) is 31.9 Å². The summed E-state index contributed by atoms with van der Waals surface area (Å²) in [7, 11) is 0. The lowest BCUT2D eigenvalue weighted by Gasteiger charge is -2.24. The Bertz CT molecular complexity index is 297. The summed E-state index contributed by atoms with van der Waals surface area (Å²) in [5.74, 6) is 0. The van der Waals surface area contributed by atoms with E-state index in [0.29, 0.717) is 0 Å². The molecule has 0 aliphatic rings. The van der Waals surface area contributed by atoms with Gasteiger partial charge in [0.05, 0.1) is 5.60 Å². The lowest BCUT2D eigenvalue weighted by atomic mass is 10.1. The molecule has 0 saturated carbocycles. The van der Waals surface area contributed by atoms with Gasteiger partial charge < -0.3 is 10.5 Å². The molecule has 1 atom stereocenters. The summed E-state index contributed by atoms with van der Waals surface area (Å²) in [5.41, 5.74) is 8.22. The lowest BCUT2D eigenvalue weighted by molar-refractivity contribution is -0.0561. The Hall–Kier alpha value is -0.860. The molecule has 0 aliphatic heterocycles. The Morgan fingerprint density at radius 2 is 1.73 bits per heavy atom. The van der Waals surface area contributed by atoms with Gasteiger partial charge in [-0.15, -0.1) is 0 Å². The number of benzene rings is 1. The molecule has 0 spiro atoms. The second-order valence-corrected chi connectivity index (χ2v) is 4.96. The Morgan fingerprint density at radius 1 is 1.20 bits per heavy atom. The van der Waals surface area contributed by atoms with E-state index in [2.05, 4.69) is 31.2 Å². The van der Waals surface area contributed by atoms with Gasteiger partial charge in [0.1, 0.15) is 6.23 Å². The van der Waals surface area contributed by atoms with Crippen molar-refractivity contribution < 1.29 is 4.74 Å². The van der Waals surface area contributed by atoms with Gasteiger partial charge in [-0.2, -0.15) is 0 Å². The number of hydrogen-bond donors (Lipinski definition) is 1. The van der Waals surface area contributed by atoms with Gasteiger partial charge in [0.25, 0.3) is 0 Å². The van der Waals surface area contributed by atoms with Crippen LogP contribution in [0.2, 0.25) is 0 Å². The second-order valence-electron chi connectivity index (χ2n) is 4.96. The molecular formula is C13H21NO. The molecule has 0 heterocycles. The molecular weight excluding hydrogens is 186 g/mol. The van der Waals surface area contributed by atoms with Gasteiger partial charge >= 0.3 is 0 Å². The number of ether oxygens (including phenoxy) is 1. The fraction of sp³-hybridized carbons (Fsp3) is 0.538. The average Bonchev–Trinajstić information content (AvgIpc) is 2.05. The van der Waals surface area contributed by atoms with E-state index in [1.807, 2.05) is 20.8 Å². The molecule has 84 valence electrons. The summed E-state index contributed by atoms with van der Waals surface area (Å²) in [5, 5.41) is 0. The average molecular weight is 207 g/mol. The quantitative estimate of drug-likeness (QED) is 0.773. The van der Waals surface area contributed by atoms with Crippen LogP contribution in [0.25, 0.3) is 0 Å². The second kappa shape index (κ2) is 4.77. The summed E-state index contributed by atoms with van der Waals surface area (Å²) in [6.07, 6.45) is 0.532. The molecule has 0 amide bonds. The van der Waals surface area contributed by atoms with E-state index in [9.17, 15) is 0 Å². The third kappa shape index (κ3) is 4.96. The highest BCUT2D eigenvalue weighted by Gasteiger charge is 2.15. The summed E-state index contributed by atoms with van der Waals surface area (Å²) in [6.45, 7) is 8.13. The number of nitrogens with two attached hydrogens (primary N) is 1. The molecule has 0 aliphatic carbocycles. The lowest BCUT2D eigenvalue weighted by Crippen LogP contribution is -2.35. The van der Waals surface area contributed by atoms with Gasteiger partial charge in [0.15, 0.2) is 0 Å². The van der Waals surface area contributed by atoms with E-state index in [-0.39, 0.29) is 11.8 Å². The van der Waals surface area contributed by atoms with Crippen molar-refractivity contribution in [2.45, 2.75) is 45.9 Å². The van der Waals surface area contributed by atoms with Crippen molar-refractivity contribution in [1.29, 1.82) is 0 Å². The van der Waals surface area contributed by atoms with Crippen LogP contribution in [-0.2, 0) is 11.2 Å². The molecule has 15 heavy (non-hydrogen) atoms. The maximum absolute atomic E-state index is 5.91. The number of hydrogen-bond acceptors (Lipinski definition) is 2. The standard InChI is InChI=1S/C13H21NO/c1-10-5-7-11(8-6-10)9-12(14)15-13(2,3)4/h5-8,12H,9,14H2,1-4H3/t12-/m1/s1. The van der Waals surface area contributed by atoms with Crippen molar-refractivity contribution in [3.8, 4) is 0 Å². The SMILES string of the molecule is Cc1ccc(C[C@H](N)OC(C)(C)C)cc1. The van der Waals surface area contributed by atoms with Gasteiger partial charge in [-0.05, 0) is 33.3 Å². The normalized spacial score (nSPS) is 13.9. The van der Waals surface area contributed by atoms with Crippen LogP contribution in [0.5, 0.6) is 0 Å². The summed E-state index contributed by atoms with van der Waals surface area (Å²) in [6, 6.07) is 8.39. The van der Waals surface area contributed by atoms with Gasteiger partial charge in [-0.25, -0.2) is 0 Å². The molecule has 0 unspecified atom stereocenters. The molecule has 1 aromatic rings. The van der Waals surface area contributed by atoms with Crippen molar-refractivity contribution >= 4 is 0 Å². The van der Waals surface area contributed by atoms with E-state index in [0.717, 1.165) is 6.42 Å². The molecule has 0 aromatic heterocycles. The van der Waals surface area contributed by atoms with Crippen molar-refractivity contribution in [1.82, 2.24) is 0 Å². The van der Waals surface area contributed by atoms with E-state index < -0.39 is 0 Å². The van der Waals surface area contributed by atoms with E-state index in [1.54, 1.807) is 0 Å². The molecule has 0 radical (unpaired) electrons. The third-order valence-corrected chi connectivity index (χ3v) is 2.06. The fourth-order valence-electron chi connectivity index (χ4n) is 1.45. The topological polar surface area (TPSA) is 35.2 Å². The van der Waals surface area contributed by atoms with Gasteiger partial charge in [0, 0.05) is 6.42 Å². The van der Waals surface area contributed by atoms with Gasteiger partial charge in [-0.1, -0.05) is 29.8 Å². The zero-order valence-corrected chi connectivity index (χ0v) is 10.1. The van der Waals surface area contributed by atoms with E-state index in [1.165, 1.54) is 11.1 Å². The van der Waals surface area contributed by atoms with Crippen LogP contribution in [-0.4, -0.2) is 11.8 Å². The first-order valence-electron chi connectivity index (χ1n) is 5.36. The van der Waals surface area contributed by atoms with Gasteiger partial charge in [-0.3, -0.25) is 0 Å². The van der Waals surface area contributed by atoms with Crippen LogP contribution < -0.4 is 5.73 Å². The van der Waals surface area contributed by atoms with Crippen molar-refractivity contribution in [2.24, 2.45) is 5.73 Å². The van der Waals surface area contributed by atoms with Crippen molar-refractivity contribution in [2.75, 3.05) is 0 Å². The first-order valence-corrected chi connectivity index (χ1v) is 5.36. The van der Waals surface area contributed by atoms with E-state index in [4.69, 9.17) is 10.5 Å². The number of aryl methyl sites for hydroxylation is 1. The zero-order valence-electron chi connectivity index (χ0n) is 10.1. The van der Waals surface area contributed by atoms with Crippen LogP contribution in [0, 0.1) is 6.92 Å². The van der Waals surface area contributed by atoms with Crippen LogP contribution in [0.15, 0.2) is 24.3 Å². The Balaban J connectivity index is 2.51. The minimum absolute atomic E-state index is 0.176. The molecule has 0 bridgehead atoms. The van der Waals surface area contributed by atoms with Crippen molar-refractivity contribution in [3.05, 3.63) is 35.4 Å². The number of rotatable bonds is 3. The van der Waals surface area contributed by atoms with Crippen molar-refractivity contribution in [3.63, 3.8) is 0 Å². The van der Waals surface area contributed by atoms with Gasteiger partial charge in [0.2, 0.25) is 0 Å². The van der Waals surface area contributed by atoms with Crippen LogP contribution >= 0.6 is 0 Å². The molecule has 2 heteroatoms. The molecule has 1 aromatic carbocycles. The van der Waals surface area contributed by atoms with Crippen LogP contribution in [0.3, 0.4) is 0 Å². The van der Waals surface area contributed by atoms with Crippen LogP contribution in [0.4, 0.5) is 0 Å². The highest BCUT2D eigenvalue weighted by atomic mass is 16.5. The molecule has 0 saturated heterocycles. The maximum Gasteiger partial charge on any atom is 0.110 e. The highest BCUT2D eigenvalue weighted by Crippen LogP contribution is 2.12. The maximum atomic E-state index is 5.91. The Kier molecular flexibility index (Phi) is 3.89. The predicted molar refractivity (Wildman–Crippen MR) is 63.7 cm³/mol. The highest BCUT2D eigenvalue weighted by molar-refractivity contribution is 5.21. The summed E-state index contributed by atoms with van der Waals surface area (Å²) in [4.78, 5) is 0. The fourth-order valence-corrected chi connectivity index (χ4v) is 1.45. The predicted octanol–water partition coefficient (Wildman–Crippen LogP) is 2.64. The molecule has 0 fully saturated rings. The molecule has 1 rings (SSSR count). The monoisotopic (exact) mass is 207 g/mol. The third-order valence-electron chi connectivity index (χ3n) is 2.06. The minimum Gasteiger partial charge on any atom is -0.358 e. The summed E-state index contributed by atoms with van der Waals surface area (Å²) >= 11 is 0. The Labute approximate surface area is 92.4 Å².